The van der Waals surface area contributed by atoms with Crippen LogP contribution >= 0.6 is 0 Å². The monoisotopic (exact) mass is 289 g/mol. The van der Waals surface area contributed by atoms with Gasteiger partial charge in [0.05, 0.1) is 27.7 Å². The highest BCUT2D eigenvalue weighted by Gasteiger charge is 2.02. The lowest BCUT2D eigenvalue weighted by Crippen LogP contribution is -3.00. The molecule has 0 saturated carbocycles. The molecule has 0 aliphatic heterocycles. The fraction of sp³-hybridized carbons (Fsp3) is 0.800. The summed E-state index contributed by atoms with van der Waals surface area (Å²) in [6.45, 7) is 3.39. The van der Waals surface area contributed by atoms with Crippen LogP contribution in [-0.2, 0) is 9.59 Å². The van der Waals surface area contributed by atoms with Crippen LogP contribution in [0.15, 0.2) is 0 Å². The van der Waals surface area contributed by atoms with E-state index in [1.54, 1.807) is 0 Å². The molecule has 0 aliphatic carbocycles. The Bertz CT molecular complexity index is 211. The summed E-state index contributed by atoms with van der Waals surface area (Å²) in [6.07, 6.45) is -1.23. The van der Waals surface area contributed by atoms with Gasteiger partial charge in [0.15, 0.2) is 0 Å². The minimum Gasteiger partial charge on any atom is -1.00 e. The third-order valence-electron chi connectivity index (χ3n) is 1.13. The van der Waals surface area contributed by atoms with Gasteiger partial charge in [0, 0.05) is 6.92 Å². The fourth-order valence-electron chi connectivity index (χ4n) is 0.300. The molecule has 1 atom stereocenters. The SMILES string of the molecule is CC(=O)O.CC(O)C(=O)O.C[N+](C)(C)CCO.[Cl-]. The summed E-state index contributed by atoms with van der Waals surface area (Å²) < 4.78 is 0.844. The maximum absolute atomic E-state index is 9.45. The van der Waals surface area contributed by atoms with Gasteiger partial charge in [0.1, 0.15) is 12.6 Å². The van der Waals surface area contributed by atoms with E-state index in [0.29, 0.717) is 0 Å². The lowest BCUT2D eigenvalue weighted by Gasteiger charge is -2.21. The number of quaternary nitrogens is 1. The lowest BCUT2D eigenvalue weighted by molar-refractivity contribution is -0.870. The molecule has 0 bridgehead atoms. The number of likely N-dealkylation sites (N-methyl/N-ethyl adjacent to an activating group) is 1. The molecular weight excluding hydrogens is 266 g/mol. The molecule has 0 radical (unpaired) electrons. The molecule has 0 saturated heterocycles. The van der Waals surface area contributed by atoms with Crippen LogP contribution < -0.4 is 12.4 Å². The average Bonchev–Trinajstić information content (AvgIpc) is 2.00. The van der Waals surface area contributed by atoms with Gasteiger partial charge < -0.3 is 37.3 Å². The second kappa shape index (κ2) is 14.2. The van der Waals surface area contributed by atoms with E-state index >= 15 is 0 Å². The Morgan fingerprint density at radius 1 is 1.17 bits per heavy atom. The smallest absolute Gasteiger partial charge is 0.332 e. The van der Waals surface area contributed by atoms with Crippen molar-refractivity contribution >= 4 is 11.9 Å². The summed E-state index contributed by atoms with van der Waals surface area (Å²) in [5.74, 6) is -2.02. The van der Waals surface area contributed by atoms with Crippen LogP contribution in [0, 0.1) is 0 Å². The second-order valence-electron chi connectivity index (χ2n) is 4.27. The van der Waals surface area contributed by atoms with Gasteiger partial charge in [0.2, 0.25) is 0 Å². The molecule has 0 spiro atoms. The van der Waals surface area contributed by atoms with Crippen molar-refractivity contribution in [1.29, 1.82) is 0 Å². The van der Waals surface area contributed by atoms with Crippen molar-refractivity contribution < 1.29 is 46.9 Å². The molecule has 0 fully saturated rings. The minimum absolute atomic E-state index is 0. The molecular formula is C10H24ClNO6. The number of aliphatic carboxylic acids is 2. The molecule has 0 aliphatic rings. The normalized spacial score (nSPS) is 10.6. The molecule has 0 aromatic rings. The van der Waals surface area contributed by atoms with E-state index in [0.717, 1.165) is 18.0 Å². The highest BCUT2D eigenvalue weighted by atomic mass is 35.5. The highest BCUT2D eigenvalue weighted by molar-refractivity contribution is 5.71. The van der Waals surface area contributed by atoms with E-state index in [4.69, 9.17) is 25.2 Å². The second-order valence-corrected chi connectivity index (χ2v) is 4.27. The van der Waals surface area contributed by atoms with Crippen molar-refractivity contribution in [3.63, 3.8) is 0 Å². The van der Waals surface area contributed by atoms with Gasteiger partial charge in [-0.3, -0.25) is 4.79 Å². The number of carboxylic acid groups (broad SMARTS) is 2. The van der Waals surface area contributed by atoms with Crippen molar-refractivity contribution in [1.82, 2.24) is 0 Å². The number of rotatable bonds is 3. The number of hydrogen-bond acceptors (Lipinski definition) is 4. The number of carboxylic acids is 2. The van der Waals surface area contributed by atoms with E-state index in [-0.39, 0.29) is 19.0 Å². The van der Waals surface area contributed by atoms with E-state index in [2.05, 4.69) is 21.1 Å². The lowest BCUT2D eigenvalue weighted by atomic mass is 10.4. The van der Waals surface area contributed by atoms with E-state index in [1.807, 2.05) is 0 Å². The number of carbonyl (C=O) groups is 2. The maximum atomic E-state index is 9.45. The molecule has 112 valence electrons. The Kier molecular flexibility index (Phi) is 20.3. The molecule has 4 N–H and O–H groups in total. The van der Waals surface area contributed by atoms with Gasteiger partial charge in [0.25, 0.3) is 5.97 Å². The van der Waals surface area contributed by atoms with Gasteiger partial charge in [-0.2, -0.15) is 0 Å². The number of nitrogens with zero attached hydrogens (tertiary/aromatic N) is 1. The molecule has 0 rings (SSSR count). The Labute approximate surface area is 114 Å². The van der Waals surface area contributed by atoms with E-state index in [1.165, 1.54) is 6.92 Å². The average molecular weight is 290 g/mol. The molecule has 7 nitrogen and oxygen atoms in total. The Morgan fingerprint density at radius 3 is 1.39 bits per heavy atom. The summed E-state index contributed by atoms with van der Waals surface area (Å²) in [5, 5.41) is 31.6. The van der Waals surface area contributed by atoms with Crippen LogP contribution in [-0.4, -0.2) is 77.2 Å². The van der Waals surface area contributed by atoms with Crippen LogP contribution in [0.25, 0.3) is 0 Å². The Hall–Kier alpha value is -0.890. The summed E-state index contributed by atoms with van der Waals surface area (Å²) in [6, 6.07) is 0. The number of hydrogen-bond donors (Lipinski definition) is 4. The fourth-order valence-corrected chi connectivity index (χ4v) is 0.300. The van der Waals surface area contributed by atoms with Crippen molar-refractivity contribution in [2.75, 3.05) is 34.3 Å². The van der Waals surface area contributed by atoms with Crippen LogP contribution in [0.1, 0.15) is 13.8 Å². The zero-order valence-corrected chi connectivity index (χ0v) is 12.2. The molecule has 0 aromatic heterocycles. The van der Waals surface area contributed by atoms with Gasteiger partial charge >= 0.3 is 5.97 Å². The third-order valence-corrected chi connectivity index (χ3v) is 1.13. The number of aliphatic hydroxyl groups excluding tert-OH is 2. The zero-order chi connectivity index (χ0) is 14.6. The first-order valence-electron chi connectivity index (χ1n) is 4.95. The first-order valence-corrected chi connectivity index (χ1v) is 4.95. The van der Waals surface area contributed by atoms with Crippen LogP contribution in [0.4, 0.5) is 0 Å². The van der Waals surface area contributed by atoms with Gasteiger partial charge in [-0.15, -0.1) is 0 Å². The Balaban J connectivity index is -0.0000000823. The quantitative estimate of drug-likeness (QED) is 0.397. The summed E-state index contributed by atoms with van der Waals surface area (Å²) >= 11 is 0. The van der Waals surface area contributed by atoms with Crippen LogP contribution in [0.3, 0.4) is 0 Å². The van der Waals surface area contributed by atoms with Crippen molar-refractivity contribution in [2.45, 2.75) is 20.0 Å². The largest absolute Gasteiger partial charge is 1.00 e. The predicted molar refractivity (Wildman–Crippen MR) is 62.6 cm³/mol. The van der Waals surface area contributed by atoms with Gasteiger partial charge in [-0.05, 0) is 6.92 Å². The predicted octanol–water partition coefficient (Wildman–Crippen LogP) is -3.77. The molecule has 18 heavy (non-hydrogen) atoms. The summed E-state index contributed by atoms with van der Waals surface area (Å²) in [5.41, 5.74) is 0. The maximum Gasteiger partial charge on any atom is 0.332 e. The van der Waals surface area contributed by atoms with E-state index < -0.39 is 18.0 Å². The minimum atomic E-state index is -1.23. The third kappa shape index (κ3) is 59.5. The molecule has 0 amide bonds. The Morgan fingerprint density at radius 2 is 1.39 bits per heavy atom. The van der Waals surface area contributed by atoms with Crippen LogP contribution in [0.5, 0.6) is 0 Å². The molecule has 0 aromatic carbocycles. The van der Waals surface area contributed by atoms with Crippen molar-refractivity contribution in [2.24, 2.45) is 0 Å². The molecule has 1 unspecified atom stereocenters. The standard InChI is InChI=1S/C5H14NO.C3H6O3.C2H4O2.ClH/c1-6(2,3)4-5-7;1-2(4)3(5)6;1-2(3)4;/h7H,4-5H2,1-3H3;2,4H,1H3,(H,5,6);1H3,(H,3,4);1H/q+1;;;/p-1. The first kappa shape index (κ1) is 25.8. The number of aliphatic hydroxyl groups is 2. The highest BCUT2D eigenvalue weighted by Crippen LogP contribution is 1.84. The van der Waals surface area contributed by atoms with Crippen molar-refractivity contribution in [3.8, 4) is 0 Å². The topological polar surface area (TPSA) is 115 Å². The summed E-state index contributed by atoms with van der Waals surface area (Å²) in [4.78, 5) is 18.4. The zero-order valence-electron chi connectivity index (χ0n) is 11.4. The molecule has 0 heterocycles. The van der Waals surface area contributed by atoms with Gasteiger partial charge in [-0.1, -0.05) is 0 Å². The summed E-state index contributed by atoms with van der Waals surface area (Å²) in [7, 11) is 6.16. The molecule has 8 heteroatoms. The van der Waals surface area contributed by atoms with Crippen LogP contribution in [0.2, 0.25) is 0 Å². The van der Waals surface area contributed by atoms with Crippen molar-refractivity contribution in [3.05, 3.63) is 0 Å². The van der Waals surface area contributed by atoms with E-state index in [9.17, 15) is 4.79 Å². The van der Waals surface area contributed by atoms with Gasteiger partial charge in [-0.25, -0.2) is 4.79 Å². The first-order chi connectivity index (χ1) is 7.44. The number of halogens is 1.